The minimum atomic E-state index is -0.255. The van der Waals surface area contributed by atoms with Crippen molar-refractivity contribution in [1.29, 1.82) is 0 Å². The van der Waals surface area contributed by atoms with Crippen LogP contribution in [0.25, 0.3) is 0 Å². The molecule has 23 heavy (non-hydrogen) atoms. The van der Waals surface area contributed by atoms with Gasteiger partial charge in [0, 0.05) is 38.6 Å². The lowest BCUT2D eigenvalue weighted by Gasteiger charge is -2.36. The molecule has 8 heteroatoms. The van der Waals surface area contributed by atoms with Crippen molar-refractivity contribution in [3.05, 3.63) is 18.1 Å². The molecule has 2 saturated heterocycles. The SMILES string of the molecule is Nc1nccnc1C(=O)N1CCCC(C(=O)N2CCOCC2)C1. The lowest BCUT2D eigenvalue weighted by Crippen LogP contribution is -2.49. The molecule has 0 radical (unpaired) electrons. The number of anilines is 1. The Labute approximate surface area is 134 Å². The largest absolute Gasteiger partial charge is 0.382 e. The minimum absolute atomic E-state index is 0.109. The molecule has 0 spiro atoms. The maximum absolute atomic E-state index is 12.6. The van der Waals surface area contributed by atoms with E-state index in [0.29, 0.717) is 39.4 Å². The molecule has 0 aromatic carbocycles. The van der Waals surface area contributed by atoms with Gasteiger partial charge in [-0.2, -0.15) is 0 Å². The molecule has 1 unspecified atom stereocenters. The summed E-state index contributed by atoms with van der Waals surface area (Å²) in [4.78, 5) is 36.6. The number of carbonyl (C=O) groups is 2. The number of aromatic nitrogens is 2. The molecular weight excluding hydrogens is 298 g/mol. The van der Waals surface area contributed by atoms with Gasteiger partial charge in [0.05, 0.1) is 19.1 Å². The van der Waals surface area contributed by atoms with Gasteiger partial charge in [0.2, 0.25) is 5.91 Å². The van der Waals surface area contributed by atoms with E-state index in [1.165, 1.54) is 12.4 Å². The molecule has 1 atom stereocenters. The van der Waals surface area contributed by atoms with E-state index in [-0.39, 0.29) is 29.2 Å². The highest BCUT2D eigenvalue weighted by atomic mass is 16.5. The second-order valence-electron chi connectivity index (χ2n) is 5.82. The monoisotopic (exact) mass is 319 g/mol. The number of hydrogen-bond donors (Lipinski definition) is 1. The first-order valence-corrected chi connectivity index (χ1v) is 7.89. The third kappa shape index (κ3) is 3.42. The van der Waals surface area contributed by atoms with Crippen molar-refractivity contribution < 1.29 is 14.3 Å². The number of nitrogens with two attached hydrogens (primary N) is 1. The zero-order chi connectivity index (χ0) is 16.2. The molecule has 2 aliphatic rings. The van der Waals surface area contributed by atoms with E-state index in [1.807, 2.05) is 4.90 Å². The van der Waals surface area contributed by atoms with Crippen LogP contribution in [0, 0.1) is 5.92 Å². The van der Waals surface area contributed by atoms with Crippen LogP contribution in [0.5, 0.6) is 0 Å². The molecule has 8 nitrogen and oxygen atoms in total. The molecule has 3 heterocycles. The van der Waals surface area contributed by atoms with Crippen molar-refractivity contribution in [2.24, 2.45) is 5.92 Å². The molecule has 0 aliphatic carbocycles. The number of ether oxygens (including phenoxy) is 1. The third-order valence-electron chi connectivity index (χ3n) is 4.31. The number of hydrogen-bond acceptors (Lipinski definition) is 6. The summed E-state index contributed by atoms with van der Waals surface area (Å²) in [6.07, 6.45) is 4.50. The van der Waals surface area contributed by atoms with Gasteiger partial charge >= 0.3 is 0 Å². The molecule has 1 aromatic rings. The zero-order valence-electron chi connectivity index (χ0n) is 13.0. The van der Waals surface area contributed by atoms with Crippen LogP contribution in [0.4, 0.5) is 5.82 Å². The number of likely N-dealkylation sites (tertiary alicyclic amines) is 1. The molecule has 0 saturated carbocycles. The van der Waals surface area contributed by atoms with Crippen molar-refractivity contribution >= 4 is 17.6 Å². The van der Waals surface area contributed by atoms with Crippen LogP contribution in [0.1, 0.15) is 23.3 Å². The summed E-state index contributed by atoms with van der Waals surface area (Å²) in [6, 6.07) is 0. The first kappa shape index (κ1) is 15.7. The van der Waals surface area contributed by atoms with Gasteiger partial charge in [0.25, 0.3) is 5.91 Å². The highest BCUT2D eigenvalue weighted by Gasteiger charge is 2.33. The lowest BCUT2D eigenvalue weighted by atomic mass is 9.96. The summed E-state index contributed by atoms with van der Waals surface area (Å²) in [5.41, 5.74) is 5.89. The van der Waals surface area contributed by atoms with Crippen molar-refractivity contribution in [1.82, 2.24) is 19.8 Å². The van der Waals surface area contributed by atoms with Crippen molar-refractivity contribution in [3.8, 4) is 0 Å². The summed E-state index contributed by atoms with van der Waals surface area (Å²) in [6.45, 7) is 3.43. The number of piperidine rings is 1. The molecule has 3 rings (SSSR count). The summed E-state index contributed by atoms with van der Waals surface area (Å²) in [7, 11) is 0. The van der Waals surface area contributed by atoms with Crippen LogP contribution >= 0.6 is 0 Å². The molecule has 124 valence electrons. The fourth-order valence-electron chi connectivity index (χ4n) is 3.07. The van der Waals surface area contributed by atoms with Gasteiger partial charge in [-0.25, -0.2) is 9.97 Å². The van der Waals surface area contributed by atoms with Gasteiger partial charge in [-0.3, -0.25) is 9.59 Å². The maximum atomic E-state index is 12.6. The average molecular weight is 319 g/mol. The number of carbonyl (C=O) groups excluding carboxylic acids is 2. The second kappa shape index (κ2) is 6.91. The van der Waals surface area contributed by atoms with Crippen molar-refractivity contribution in [3.63, 3.8) is 0 Å². The fraction of sp³-hybridized carbons (Fsp3) is 0.600. The molecule has 2 fully saturated rings. The Balaban J connectivity index is 1.67. The summed E-state index contributed by atoms with van der Waals surface area (Å²) in [5.74, 6) is -0.184. The van der Waals surface area contributed by atoms with Gasteiger partial charge in [-0.05, 0) is 12.8 Å². The van der Waals surface area contributed by atoms with E-state index >= 15 is 0 Å². The van der Waals surface area contributed by atoms with Gasteiger partial charge < -0.3 is 20.3 Å². The Bertz CT molecular complexity index is 588. The minimum Gasteiger partial charge on any atom is -0.382 e. The standard InChI is InChI=1S/C15H21N5O3/c16-13-12(17-3-4-18-13)15(22)20-5-1-2-11(10-20)14(21)19-6-8-23-9-7-19/h3-4,11H,1-2,5-10H2,(H2,16,18). The zero-order valence-corrected chi connectivity index (χ0v) is 13.0. The fourth-order valence-corrected chi connectivity index (χ4v) is 3.07. The summed E-state index contributed by atoms with van der Waals surface area (Å²) in [5, 5.41) is 0. The number of rotatable bonds is 2. The lowest BCUT2D eigenvalue weighted by molar-refractivity contribution is -0.141. The predicted molar refractivity (Wildman–Crippen MR) is 82.5 cm³/mol. The van der Waals surface area contributed by atoms with Gasteiger partial charge in [-0.1, -0.05) is 0 Å². The highest BCUT2D eigenvalue weighted by molar-refractivity contribution is 5.96. The van der Waals surface area contributed by atoms with Crippen molar-refractivity contribution in [2.45, 2.75) is 12.8 Å². The van der Waals surface area contributed by atoms with Crippen LogP contribution in [0.2, 0.25) is 0 Å². The van der Waals surface area contributed by atoms with Gasteiger partial charge in [0.1, 0.15) is 0 Å². The Morgan fingerprint density at radius 3 is 2.61 bits per heavy atom. The molecule has 2 aliphatic heterocycles. The van der Waals surface area contributed by atoms with Gasteiger partial charge in [-0.15, -0.1) is 0 Å². The second-order valence-corrected chi connectivity index (χ2v) is 5.82. The first-order chi connectivity index (χ1) is 11.2. The van der Waals surface area contributed by atoms with Crippen LogP contribution < -0.4 is 5.73 Å². The Hall–Kier alpha value is -2.22. The summed E-state index contributed by atoms with van der Waals surface area (Å²) >= 11 is 0. The predicted octanol–water partition coefficient (Wildman–Crippen LogP) is -0.230. The van der Waals surface area contributed by atoms with E-state index in [2.05, 4.69) is 9.97 Å². The average Bonchev–Trinajstić information content (AvgIpc) is 2.62. The number of morpholine rings is 1. The Kier molecular flexibility index (Phi) is 4.71. The molecular formula is C15H21N5O3. The van der Waals surface area contributed by atoms with E-state index in [0.717, 1.165) is 12.8 Å². The van der Waals surface area contributed by atoms with Crippen LogP contribution in [0.15, 0.2) is 12.4 Å². The highest BCUT2D eigenvalue weighted by Crippen LogP contribution is 2.21. The number of amides is 2. The molecule has 2 amide bonds. The van der Waals surface area contributed by atoms with E-state index in [4.69, 9.17) is 10.5 Å². The van der Waals surface area contributed by atoms with Gasteiger partial charge in [0.15, 0.2) is 11.5 Å². The van der Waals surface area contributed by atoms with Crippen LogP contribution in [0.3, 0.4) is 0 Å². The first-order valence-electron chi connectivity index (χ1n) is 7.89. The van der Waals surface area contributed by atoms with Crippen LogP contribution in [-0.4, -0.2) is 71.0 Å². The molecule has 1 aromatic heterocycles. The number of nitrogen functional groups attached to an aromatic ring is 1. The maximum Gasteiger partial charge on any atom is 0.276 e. The Morgan fingerprint density at radius 2 is 1.87 bits per heavy atom. The Morgan fingerprint density at radius 1 is 1.13 bits per heavy atom. The molecule has 0 bridgehead atoms. The summed E-state index contributed by atoms with van der Waals surface area (Å²) < 4.78 is 5.28. The number of nitrogens with zero attached hydrogens (tertiary/aromatic N) is 4. The normalized spacial score (nSPS) is 22.0. The van der Waals surface area contributed by atoms with Crippen LogP contribution in [-0.2, 0) is 9.53 Å². The molecule has 2 N–H and O–H groups in total. The van der Waals surface area contributed by atoms with E-state index in [9.17, 15) is 9.59 Å². The van der Waals surface area contributed by atoms with Crippen molar-refractivity contribution in [2.75, 3.05) is 45.1 Å². The quantitative estimate of drug-likeness (QED) is 0.808. The van der Waals surface area contributed by atoms with E-state index < -0.39 is 0 Å². The smallest absolute Gasteiger partial charge is 0.276 e. The van der Waals surface area contributed by atoms with E-state index in [1.54, 1.807) is 4.90 Å². The third-order valence-corrected chi connectivity index (χ3v) is 4.31. The topological polar surface area (TPSA) is 102 Å².